The molecule has 0 bridgehead atoms. The minimum atomic E-state index is -1.98. The number of carbonyl (C=O) groups excluding carboxylic acids is 2. The van der Waals surface area contributed by atoms with Crippen molar-refractivity contribution in [3.05, 3.63) is 0 Å². The maximum atomic E-state index is 11.6. The molecule has 1 aliphatic carbocycles. The molecule has 0 amide bonds. The van der Waals surface area contributed by atoms with Crippen molar-refractivity contribution in [1.82, 2.24) is 0 Å². The highest BCUT2D eigenvalue weighted by Gasteiger charge is 2.48. The van der Waals surface area contributed by atoms with Crippen LogP contribution < -0.4 is 0 Å². The summed E-state index contributed by atoms with van der Waals surface area (Å²) in [5.41, 5.74) is -1.98. The minimum absolute atomic E-state index is 0.397. The Hall–Kier alpha value is -1.02. The van der Waals surface area contributed by atoms with Crippen molar-refractivity contribution >= 4 is 11.8 Å². The Bertz CT molecular complexity index is 302. The Morgan fingerprint density at radius 1 is 1.24 bits per heavy atom. The lowest BCUT2D eigenvalue weighted by molar-refractivity contribution is -0.175. The van der Waals surface area contributed by atoms with Crippen LogP contribution in [-0.4, -0.2) is 62.7 Å². The Morgan fingerprint density at radius 3 is 2.12 bits per heavy atom. The normalized spacial score (nSPS) is 37.6. The van der Waals surface area contributed by atoms with Crippen LogP contribution in [0, 0.1) is 0 Å². The van der Waals surface area contributed by atoms with Crippen LogP contribution >= 0.6 is 0 Å². The van der Waals surface area contributed by atoms with E-state index in [1.807, 2.05) is 0 Å². The van der Waals surface area contributed by atoms with Crippen molar-refractivity contribution in [3.63, 3.8) is 0 Å². The van der Waals surface area contributed by atoms with Gasteiger partial charge in [0.2, 0.25) is 5.78 Å². The smallest absolute Gasteiger partial charge is 0.303 e. The number of hydrogen-bond acceptors (Lipinski definition) is 7. The van der Waals surface area contributed by atoms with E-state index in [-0.39, 0.29) is 0 Å². The zero-order valence-electron chi connectivity index (χ0n) is 9.37. The first kappa shape index (κ1) is 14.0. The van der Waals surface area contributed by atoms with Gasteiger partial charge in [0.1, 0.15) is 11.7 Å². The molecular formula is C10H16O7. The highest BCUT2D eigenvalue weighted by Crippen LogP contribution is 2.30. The Morgan fingerprint density at radius 2 is 1.71 bits per heavy atom. The Kier molecular flexibility index (Phi) is 4.21. The molecule has 0 aromatic carbocycles. The lowest BCUT2D eigenvalue weighted by atomic mass is 9.77. The van der Waals surface area contributed by atoms with Gasteiger partial charge in [-0.05, 0) is 0 Å². The number of carbonyl (C=O) groups is 2. The number of aliphatic hydroxyl groups excluding tert-OH is 3. The van der Waals surface area contributed by atoms with Crippen LogP contribution in [0.5, 0.6) is 0 Å². The van der Waals surface area contributed by atoms with Gasteiger partial charge in [-0.1, -0.05) is 0 Å². The number of ether oxygens (including phenoxy) is 1. The van der Waals surface area contributed by atoms with E-state index in [2.05, 4.69) is 4.74 Å². The molecule has 98 valence electrons. The highest BCUT2D eigenvalue weighted by atomic mass is 16.5. The zero-order chi connectivity index (χ0) is 13.2. The second-order valence-electron chi connectivity index (χ2n) is 4.27. The summed E-state index contributed by atoms with van der Waals surface area (Å²) in [6.07, 6.45) is -4.98. The van der Waals surface area contributed by atoms with Crippen molar-refractivity contribution in [1.29, 1.82) is 0 Å². The number of Topliss-reactive ketones (excluding diaryl/α,β-unsaturated/α-hetero) is 1. The second-order valence-corrected chi connectivity index (χ2v) is 4.27. The summed E-state index contributed by atoms with van der Waals surface area (Å²) in [5.74, 6) is -1.48. The standard InChI is InChI=1S/C10H16O7/c1-5(11)17-4-8(14)10(16)2-6(12)9(15)7(13)3-10/h6-7,9,12-13,15-16H,2-4H2,1H3/t6-,7-,9?,10?/m1/s1. The van der Waals surface area contributed by atoms with Crippen LogP contribution in [-0.2, 0) is 14.3 Å². The molecule has 17 heavy (non-hydrogen) atoms. The van der Waals surface area contributed by atoms with E-state index in [1.54, 1.807) is 0 Å². The quantitative estimate of drug-likeness (QED) is 0.415. The van der Waals surface area contributed by atoms with Crippen LogP contribution in [0.2, 0.25) is 0 Å². The molecular weight excluding hydrogens is 232 g/mol. The summed E-state index contributed by atoms with van der Waals surface area (Å²) in [5, 5.41) is 38.0. The van der Waals surface area contributed by atoms with Gasteiger partial charge < -0.3 is 25.2 Å². The van der Waals surface area contributed by atoms with Crippen molar-refractivity contribution < 1.29 is 34.8 Å². The molecule has 1 aliphatic rings. The van der Waals surface area contributed by atoms with E-state index in [0.717, 1.165) is 6.92 Å². The molecule has 0 aliphatic heterocycles. The first-order chi connectivity index (χ1) is 7.76. The van der Waals surface area contributed by atoms with Crippen LogP contribution in [0.15, 0.2) is 0 Å². The molecule has 0 spiro atoms. The molecule has 2 atom stereocenters. The summed E-state index contributed by atoms with van der Waals surface area (Å²) >= 11 is 0. The van der Waals surface area contributed by atoms with E-state index in [9.17, 15) is 30.0 Å². The fourth-order valence-corrected chi connectivity index (χ4v) is 1.80. The average molecular weight is 248 g/mol. The average Bonchev–Trinajstić information content (AvgIpc) is 2.22. The Labute approximate surface area is 97.6 Å². The summed E-state index contributed by atoms with van der Waals surface area (Å²) in [6.45, 7) is 0.493. The third kappa shape index (κ3) is 3.22. The van der Waals surface area contributed by atoms with E-state index in [0.29, 0.717) is 0 Å². The van der Waals surface area contributed by atoms with E-state index in [4.69, 9.17) is 0 Å². The van der Waals surface area contributed by atoms with Gasteiger partial charge in [0.25, 0.3) is 0 Å². The number of rotatable bonds is 3. The zero-order valence-corrected chi connectivity index (χ0v) is 9.37. The van der Waals surface area contributed by atoms with Gasteiger partial charge in [0, 0.05) is 19.8 Å². The van der Waals surface area contributed by atoms with Crippen molar-refractivity contribution in [3.8, 4) is 0 Å². The van der Waals surface area contributed by atoms with Crippen LogP contribution in [0.25, 0.3) is 0 Å². The first-order valence-corrected chi connectivity index (χ1v) is 5.19. The molecule has 1 fully saturated rings. The Balaban J connectivity index is 2.67. The van der Waals surface area contributed by atoms with Gasteiger partial charge in [-0.15, -0.1) is 0 Å². The summed E-state index contributed by atoms with van der Waals surface area (Å²) in [7, 11) is 0. The minimum Gasteiger partial charge on any atom is -0.458 e. The van der Waals surface area contributed by atoms with E-state index in [1.165, 1.54) is 0 Å². The molecule has 0 radical (unpaired) electrons. The summed E-state index contributed by atoms with van der Waals surface area (Å²) < 4.78 is 4.45. The molecule has 7 heteroatoms. The van der Waals surface area contributed by atoms with Crippen LogP contribution in [0.4, 0.5) is 0 Å². The monoisotopic (exact) mass is 248 g/mol. The number of ketones is 1. The first-order valence-electron chi connectivity index (χ1n) is 5.19. The summed E-state index contributed by atoms with van der Waals surface area (Å²) in [4.78, 5) is 22.1. The molecule has 0 aromatic heterocycles. The molecule has 1 saturated carbocycles. The van der Waals surface area contributed by atoms with Crippen LogP contribution in [0.1, 0.15) is 19.8 Å². The fourth-order valence-electron chi connectivity index (χ4n) is 1.80. The molecule has 7 nitrogen and oxygen atoms in total. The molecule has 0 unspecified atom stereocenters. The predicted molar refractivity (Wildman–Crippen MR) is 53.8 cm³/mol. The molecule has 0 saturated heterocycles. The third-order valence-corrected chi connectivity index (χ3v) is 2.81. The highest BCUT2D eigenvalue weighted by molar-refractivity contribution is 5.89. The van der Waals surface area contributed by atoms with Crippen molar-refractivity contribution in [2.75, 3.05) is 6.61 Å². The largest absolute Gasteiger partial charge is 0.458 e. The lowest BCUT2D eigenvalue weighted by Gasteiger charge is -2.38. The van der Waals surface area contributed by atoms with Crippen molar-refractivity contribution in [2.45, 2.75) is 43.7 Å². The van der Waals surface area contributed by atoms with E-state index >= 15 is 0 Å². The number of esters is 1. The predicted octanol–water partition coefficient (Wildman–Crippen LogP) is -2.27. The number of aliphatic hydroxyl groups is 4. The van der Waals surface area contributed by atoms with Gasteiger partial charge in [0.15, 0.2) is 6.61 Å². The maximum absolute atomic E-state index is 11.6. The molecule has 1 rings (SSSR count). The second kappa shape index (κ2) is 5.09. The van der Waals surface area contributed by atoms with Gasteiger partial charge in [-0.2, -0.15) is 0 Å². The topological polar surface area (TPSA) is 124 Å². The van der Waals surface area contributed by atoms with Crippen LogP contribution in [0.3, 0.4) is 0 Å². The molecule has 0 heterocycles. The van der Waals surface area contributed by atoms with Gasteiger partial charge in [0.05, 0.1) is 12.2 Å². The summed E-state index contributed by atoms with van der Waals surface area (Å²) in [6, 6.07) is 0. The molecule has 4 N–H and O–H groups in total. The third-order valence-electron chi connectivity index (χ3n) is 2.81. The van der Waals surface area contributed by atoms with Crippen molar-refractivity contribution in [2.24, 2.45) is 0 Å². The van der Waals surface area contributed by atoms with Gasteiger partial charge in [-0.3, -0.25) is 9.59 Å². The maximum Gasteiger partial charge on any atom is 0.303 e. The van der Waals surface area contributed by atoms with Gasteiger partial charge in [-0.25, -0.2) is 0 Å². The van der Waals surface area contributed by atoms with Gasteiger partial charge >= 0.3 is 5.97 Å². The lowest BCUT2D eigenvalue weighted by Crippen LogP contribution is -2.56. The van der Waals surface area contributed by atoms with E-state index < -0.39 is 55.1 Å². The SMILES string of the molecule is CC(=O)OCC(=O)C1(O)C[C@@H](O)C(O)[C@H](O)C1. The number of hydrogen-bond donors (Lipinski definition) is 4. The molecule has 0 aromatic rings. The fraction of sp³-hybridized carbons (Fsp3) is 0.800.